The molecule has 0 unspecified atom stereocenters. The van der Waals surface area contributed by atoms with E-state index in [0.717, 1.165) is 10.9 Å². The second kappa shape index (κ2) is 2.58. The SMILES string of the molecule is BrCc1cnc2nncn2c1. The van der Waals surface area contributed by atoms with Crippen LogP contribution >= 0.6 is 15.9 Å². The summed E-state index contributed by atoms with van der Waals surface area (Å²) in [5.41, 5.74) is 1.11. The van der Waals surface area contributed by atoms with E-state index in [-0.39, 0.29) is 0 Å². The van der Waals surface area contributed by atoms with E-state index in [1.165, 1.54) is 0 Å². The smallest absolute Gasteiger partial charge is 0.254 e. The Kier molecular flexibility index (Phi) is 1.58. The number of nitrogens with zero attached hydrogens (tertiary/aromatic N) is 4. The second-order valence-electron chi connectivity index (χ2n) is 2.13. The quantitative estimate of drug-likeness (QED) is 0.664. The lowest BCUT2D eigenvalue weighted by molar-refractivity contribution is 1.08. The third-order valence-electron chi connectivity index (χ3n) is 1.36. The fraction of sp³-hybridized carbons (Fsp3) is 0.167. The molecule has 0 bridgehead atoms. The van der Waals surface area contributed by atoms with Crippen LogP contribution in [-0.4, -0.2) is 19.6 Å². The molecule has 2 heterocycles. The van der Waals surface area contributed by atoms with Crippen molar-refractivity contribution >= 4 is 21.7 Å². The van der Waals surface area contributed by atoms with Crippen molar-refractivity contribution in [1.82, 2.24) is 19.6 Å². The molecule has 5 heteroatoms. The van der Waals surface area contributed by atoms with Gasteiger partial charge in [-0.15, -0.1) is 10.2 Å². The summed E-state index contributed by atoms with van der Waals surface area (Å²) in [6, 6.07) is 0. The van der Waals surface area contributed by atoms with Crippen LogP contribution < -0.4 is 0 Å². The Morgan fingerprint density at radius 1 is 1.55 bits per heavy atom. The Morgan fingerprint density at radius 2 is 2.45 bits per heavy atom. The normalized spacial score (nSPS) is 10.6. The molecule has 2 aromatic heterocycles. The predicted octanol–water partition coefficient (Wildman–Crippen LogP) is 1.02. The van der Waals surface area contributed by atoms with Crippen LogP contribution in [-0.2, 0) is 5.33 Å². The van der Waals surface area contributed by atoms with Gasteiger partial charge in [0.25, 0.3) is 5.78 Å². The maximum absolute atomic E-state index is 4.07. The third kappa shape index (κ3) is 1.11. The number of alkyl halides is 1. The first-order valence-electron chi connectivity index (χ1n) is 3.10. The minimum absolute atomic E-state index is 0.634. The zero-order valence-corrected chi connectivity index (χ0v) is 7.19. The zero-order valence-electron chi connectivity index (χ0n) is 5.61. The molecule has 0 aliphatic rings. The highest BCUT2D eigenvalue weighted by Gasteiger charge is 1.95. The zero-order chi connectivity index (χ0) is 7.68. The molecule has 2 rings (SSSR count). The first-order valence-corrected chi connectivity index (χ1v) is 4.22. The first kappa shape index (κ1) is 6.72. The molecule has 0 atom stereocenters. The van der Waals surface area contributed by atoms with Gasteiger partial charge in [-0.1, -0.05) is 15.9 Å². The molecule has 0 saturated carbocycles. The van der Waals surface area contributed by atoms with Gasteiger partial charge in [0.1, 0.15) is 6.33 Å². The van der Waals surface area contributed by atoms with Crippen molar-refractivity contribution in [2.24, 2.45) is 0 Å². The summed E-state index contributed by atoms with van der Waals surface area (Å²) < 4.78 is 1.79. The van der Waals surface area contributed by atoms with E-state index in [2.05, 4.69) is 31.1 Å². The summed E-state index contributed by atoms with van der Waals surface area (Å²) in [6.07, 6.45) is 5.35. The number of fused-ring (bicyclic) bond motifs is 1. The number of hydrogen-bond acceptors (Lipinski definition) is 3. The summed E-state index contributed by atoms with van der Waals surface area (Å²) in [5, 5.41) is 8.29. The Labute approximate surface area is 71.4 Å². The number of hydrogen-bond donors (Lipinski definition) is 0. The van der Waals surface area contributed by atoms with Crippen LogP contribution in [0.25, 0.3) is 5.78 Å². The Morgan fingerprint density at radius 3 is 3.27 bits per heavy atom. The average molecular weight is 213 g/mol. The summed E-state index contributed by atoms with van der Waals surface area (Å²) in [5.74, 6) is 0.634. The van der Waals surface area contributed by atoms with Gasteiger partial charge in [-0.2, -0.15) is 0 Å². The lowest BCUT2D eigenvalue weighted by Gasteiger charge is -1.93. The summed E-state index contributed by atoms with van der Waals surface area (Å²) >= 11 is 3.34. The fourth-order valence-electron chi connectivity index (χ4n) is 0.842. The molecule has 2 aromatic rings. The highest BCUT2D eigenvalue weighted by Crippen LogP contribution is 2.03. The number of rotatable bonds is 1. The van der Waals surface area contributed by atoms with Crippen LogP contribution in [0.5, 0.6) is 0 Å². The largest absolute Gasteiger partial charge is 0.273 e. The lowest BCUT2D eigenvalue weighted by atomic mass is 10.4. The number of halogens is 1. The van der Waals surface area contributed by atoms with Crippen molar-refractivity contribution < 1.29 is 0 Å². The first-order chi connectivity index (χ1) is 5.40. The van der Waals surface area contributed by atoms with Crippen molar-refractivity contribution in [2.75, 3.05) is 0 Å². The minimum atomic E-state index is 0.634. The molecule has 56 valence electrons. The molecule has 0 radical (unpaired) electrons. The van der Waals surface area contributed by atoms with Crippen LogP contribution in [0, 0.1) is 0 Å². The minimum Gasteiger partial charge on any atom is -0.273 e. The molecule has 11 heavy (non-hydrogen) atoms. The highest BCUT2D eigenvalue weighted by molar-refractivity contribution is 9.08. The third-order valence-corrected chi connectivity index (χ3v) is 2.01. The van der Waals surface area contributed by atoms with Crippen molar-refractivity contribution in [2.45, 2.75) is 5.33 Å². The van der Waals surface area contributed by atoms with Gasteiger partial charge in [0.15, 0.2) is 0 Å². The van der Waals surface area contributed by atoms with Crippen molar-refractivity contribution in [3.8, 4) is 0 Å². The molecule has 0 aliphatic carbocycles. The maximum atomic E-state index is 4.07. The summed E-state index contributed by atoms with van der Waals surface area (Å²) in [4.78, 5) is 4.07. The second-order valence-corrected chi connectivity index (χ2v) is 2.69. The monoisotopic (exact) mass is 212 g/mol. The van der Waals surface area contributed by atoms with Gasteiger partial charge in [0, 0.05) is 17.7 Å². The summed E-state index contributed by atoms with van der Waals surface area (Å²) in [7, 11) is 0. The van der Waals surface area contributed by atoms with Crippen LogP contribution in [0.4, 0.5) is 0 Å². The van der Waals surface area contributed by atoms with E-state index in [1.807, 2.05) is 6.20 Å². The van der Waals surface area contributed by atoms with Gasteiger partial charge < -0.3 is 0 Å². The molecule has 0 aromatic carbocycles. The maximum Gasteiger partial charge on any atom is 0.254 e. The van der Waals surface area contributed by atoms with Gasteiger partial charge in [-0.3, -0.25) is 4.40 Å². The van der Waals surface area contributed by atoms with E-state index >= 15 is 0 Å². The van der Waals surface area contributed by atoms with Crippen LogP contribution in [0.1, 0.15) is 5.56 Å². The van der Waals surface area contributed by atoms with Crippen LogP contribution in [0.3, 0.4) is 0 Å². The molecular weight excluding hydrogens is 208 g/mol. The van der Waals surface area contributed by atoms with Gasteiger partial charge in [0.05, 0.1) is 0 Å². The van der Waals surface area contributed by atoms with Crippen molar-refractivity contribution in [3.05, 3.63) is 24.3 Å². The Hall–Kier alpha value is -0.970. The Bertz CT molecular complexity index is 369. The average Bonchev–Trinajstić information content (AvgIpc) is 2.50. The van der Waals surface area contributed by atoms with Crippen molar-refractivity contribution in [1.29, 1.82) is 0 Å². The Balaban J connectivity index is 2.67. The van der Waals surface area contributed by atoms with Crippen LogP contribution in [0.15, 0.2) is 18.7 Å². The highest BCUT2D eigenvalue weighted by atomic mass is 79.9. The molecule has 0 amide bonds. The van der Waals surface area contributed by atoms with E-state index < -0.39 is 0 Å². The van der Waals surface area contributed by atoms with Gasteiger partial charge in [-0.05, 0) is 5.56 Å². The molecular formula is C6H5BrN4. The summed E-state index contributed by atoms with van der Waals surface area (Å²) in [6.45, 7) is 0. The standard InChI is InChI=1S/C6H5BrN4/c7-1-5-2-8-6-10-9-4-11(6)3-5/h2-4H,1H2. The van der Waals surface area contributed by atoms with Gasteiger partial charge in [0.2, 0.25) is 0 Å². The lowest BCUT2D eigenvalue weighted by Crippen LogP contribution is -1.89. The number of aromatic nitrogens is 4. The van der Waals surface area contributed by atoms with E-state index in [1.54, 1.807) is 16.9 Å². The van der Waals surface area contributed by atoms with E-state index in [4.69, 9.17) is 0 Å². The molecule has 0 N–H and O–H groups in total. The van der Waals surface area contributed by atoms with E-state index in [0.29, 0.717) is 5.78 Å². The molecule has 4 nitrogen and oxygen atoms in total. The molecule has 0 aliphatic heterocycles. The van der Waals surface area contributed by atoms with Gasteiger partial charge in [-0.25, -0.2) is 4.98 Å². The van der Waals surface area contributed by atoms with Crippen LogP contribution in [0.2, 0.25) is 0 Å². The molecule has 0 fully saturated rings. The van der Waals surface area contributed by atoms with Crippen molar-refractivity contribution in [3.63, 3.8) is 0 Å². The van der Waals surface area contributed by atoms with Gasteiger partial charge >= 0.3 is 0 Å². The van der Waals surface area contributed by atoms with E-state index in [9.17, 15) is 0 Å². The predicted molar refractivity (Wildman–Crippen MR) is 43.4 cm³/mol. The topological polar surface area (TPSA) is 43.1 Å². The fourth-order valence-corrected chi connectivity index (χ4v) is 1.13. The molecule has 0 spiro atoms. The molecule has 0 saturated heterocycles.